The topological polar surface area (TPSA) is 236 Å². The molecule has 0 spiro atoms. The van der Waals surface area contributed by atoms with Gasteiger partial charge in [0.1, 0.15) is 29.0 Å². The summed E-state index contributed by atoms with van der Waals surface area (Å²) < 4.78 is 37.3. The van der Waals surface area contributed by atoms with Crippen LogP contribution in [0.5, 0.6) is 5.75 Å². The minimum absolute atomic E-state index is 0.0470. The molecule has 3 rings (SSSR count). The Morgan fingerprint density at radius 1 is 1.41 bits per heavy atom. The molecule has 3 heterocycles. The molecular formula is C17H20N8O7S2. The minimum atomic E-state index is -4.75. The van der Waals surface area contributed by atoms with E-state index in [1.807, 2.05) is 0 Å². The number of nitrogens with two attached hydrogens (primary N) is 2. The number of aromatic nitrogens is 2. The molecule has 0 saturated carbocycles. The molecule has 2 aromatic rings. The van der Waals surface area contributed by atoms with Crippen LogP contribution in [0.15, 0.2) is 28.9 Å². The van der Waals surface area contributed by atoms with Crippen molar-refractivity contribution >= 4 is 50.1 Å². The van der Waals surface area contributed by atoms with Crippen molar-refractivity contribution in [2.45, 2.75) is 32.2 Å². The van der Waals surface area contributed by atoms with Gasteiger partial charge in [0.15, 0.2) is 10.8 Å². The average molecular weight is 513 g/mol. The third kappa shape index (κ3) is 5.38. The Balaban J connectivity index is 1.72. The highest BCUT2D eigenvalue weighted by Crippen LogP contribution is 2.23. The van der Waals surface area contributed by atoms with Crippen molar-refractivity contribution in [3.05, 3.63) is 35.1 Å². The average Bonchev–Trinajstić information content (AvgIpc) is 3.17. The number of oxime groups is 1. The van der Waals surface area contributed by atoms with Crippen LogP contribution in [0, 0.1) is 5.41 Å². The number of carbonyl (C=O) groups excluding carboxylic acids is 2. The lowest BCUT2D eigenvalue weighted by atomic mass is 10.0. The number of β-lactam (4-membered cyclic amide) rings is 1. The second-order valence-corrected chi connectivity index (χ2v) is 9.08. The maximum atomic E-state index is 12.8. The predicted molar refractivity (Wildman–Crippen MR) is 119 cm³/mol. The highest BCUT2D eigenvalue weighted by molar-refractivity contribution is 7.84. The number of nitrogens with one attached hydrogen (secondary N) is 2. The molecule has 1 saturated heterocycles. The number of anilines is 1. The second-order valence-electron chi connectivity index (χ2n) is 6.90. The Morgan fingerprint density at radius 3 is 2.62 bits per heavy atom. The first kappa shape index (κ1) is 24.8. The van der Waals surface area contributed by atoms with Gasteiger partial charge in [0, 0.05) is 12.3 Å². The number of amides is 2. The lowest BCUT2D eigenvalue weighted by Gasteiger charge is -2.42. The molecule has 17 heteroatoms. The molecule has 0 aromatic carbocycles. The maximum Gasteiger partial charge on any atom is 0.362 e. The summed E-state index contributed by atoms with van der Waals surface area (Å²) in [5.74, 6) is -1.85. The zero-order valence-corrected chi connectivity index (χ0v) is 19.3. The van der Waals surface area contributed by atoms with Gasteiger partial charge in [0.05, 0.1) is 12.2 Å². The number of amidine groups is 1. The molecule has 0 aliphatic carbocycles. The van der Waals surface area contributed by atoms with Crippen LogP contribution in [0.4, 0.5) is 5.13 Å². The molecule has 0 bridgehead atoms. The quantitative estimate of drug-likeness (QED) is 0.0686. The molecule has 1 unspecified atom stereocenters. The van der Waals surface area contributed by atoms with Crippen LogP contribution in [0.2, 0.25) is 0 Å². The van der Waals surface area contributed by atoms with E-state index >= 15 is 0 Å². The van der Waals surface area contributed by atoms with E-state index < -0.39 is 40.5 Å². The summed E-state index contributed by atoms with van der Waals surface area (Å²) in [5.41, 5.74) is 10.9. The normalized spacial score (nSPS) is 19.2. The van der Waals surface area contributed by atoms with E-state index in [9.17, 15) is 18.0 Å². The second kappa shape index (κ2) is 9.57. The minimum Gasteiger partial charge on any atom is -0.451 e. The van der Waals surface area contributed by atoms with Crippen molar-refractivity contribution in [1.82, 2.24) is 19.6 Å². The van der Waals surface area contributed by atoms with Crippen LogP contribution in [0.25, 0.3) is 0 Å². The highest BCUT2D eigenvalue weighted by Gasteiger charge is 2.51. The molecule has 7 N–H and O–H groups in total. The highest BCUT2D eigenvalue weighted by atomic mass is 32.2. The van der Waals surface area contributed by atoms with E-state index in [1.54, 1.807) is 0 Å². The summed E-state index contributed by atoms with van der Waals surface area (Å²) in [6, 6.07) is 0.723. The Kier molecular flexibility index (Phi) is 6.99. The number of pyridine rings is 1. The van der Waals surface area contributed by atoms with Crippen LogP contribution in [0.1, 0.15) is 25.2 Å². The van der Waals surface area contributed by atoms with Gasteiger partial charge in [-0.2, -0.15) is 8.42 Å². The number of rotatable bonds is 9. The Hall–Kier alpha value is -3.83. The standard InChI is InChI=1S/C17H20N8O7S2/c1-7-12(16(27)25(7)34(28,29)30)23-15(26)13(11-6-33-17(20)22-11)24-32-8(2)31-9-3-4-10(14(18)19)21-5-9/h3-8,12H,1-2H3,(H3,18,19)(H2,20,22)(H,23,26)(H,28,29,30)/b24-13-/t7-,8?,12-/m0/s1. The smallest absolute Gasteiger partial charge is 0.362 e. The third-order valence-electron chi connectivity index (χ3n) is 4.46. The van der Waals surface area contributed by atoms with Gasteiger partial charge in [-0.1, -0.05) is 5.16 Å². The van der Waals surface area contributed by atoms with Crippen LogP contribution in [-0.2, 0) is 24.7 Å². The Bertz CT molecular complexity index is 1240. The van der Waals surface area contributed by atoms with E-state index in [0.717, 1.165) is 11.3 Å². The van der Waals surface area contributed by atoms with Gasteiger partial charge in [-0.05, 0) is 19.1 Å². The van der Waals surface area contributed by atoms with E-state index in [4.69, 9.17) is 31.0 Å². The van der Waals surface area contributed by atoms with Crippen LogP contribution < -0.4 is 21.5 Å². The lowest BCUT2D eigenvalue weighted by molar-refractivity contribution is -0.144. The molecular weight excluding hydrogens is 492 g/mol. The lowest BCUT2D eigenvalue weighted by Crippen LogP contribution is -2.71. The zero-order valence-electron chi connectivity index (χ0n) is 17.7. The van der Waals surface area contributed by atoms with Crippen molar-refractivity contribution in [2.24, 2.45) is 10.9 Å². The summed E-state index contributed by atoms with van der Waals surface area (Å²) in [5, 5.41) is 15.0. The van der Waals surface area contributed by atoms with Gasteiger partial charge in [-0.15, -0.1) is 11.3 Å². The van der Waals surface area contributed by atoms with E-state index in [2.05, 4.69) is 20.4 Å². The number of ether oxygens (including phenoxy) is 1. The summed E-state index contributed by atoms with van der Waals surface area (Å²) in [4.78, 5) is 38.0. The number of hydrogen-bond donors (Lipinski definition) is 5. The van der Waals surface area contributed by atoms with Gasteiger partial charge in [0.2, 0.25) is 0 Å². The number of thiazole rings is 1. The largest absolute Gasteiger partial charge is 0.451 e. The number of nitrogen functional groups attached to an aromatic ring is 2. The number of carbonyl (C=O) groups is 2. The fourth-order valence-corrected chi connectivity index (χ4v) is 4.29. The SMILES string of the molecule is CC(O/N=C(\C(=O)N[C@@H]1C(=O)N(S(=O)(=O)O)[C@H]1C)c1csc(N)n1)Oc1ccc(C(=N)N)nc1. The van der Waals surface area contributed by atoms with Crippen molar-refractivity contribution in [2.75, 3.05) is 5.73 Å². The van der Waals surface area contributed by atoms with E-state index in [1.165, 1.54) is 37.6 Å². The maximum absolute atomic E-state index is 12.8. The molecule has 15 nitrogen and oxygen atoms in total. The summed E-state index contributed by atoms with van der Waals surface area (Å²) >= 11 is 1.03. The third-order valence-corrected chi connectivity index (χ3v) is 6.14. The van der Waals surface area contributed by atoms with Gasteiger partial charge in [-0.3, -0.25) is 19.6 Å². The first-order chi connectivity index (χ1) is 15.9. The Labute approximate surface area is 197 Å². The fraction of sp³-hybridized carbons (Fsp3) is 0.294. The van der Waals surface area contributed by atoms with Crippen molar-refractivity contribution < 1.29 is 32.1 Å². The Morgan fingerprint density at radius 2 is 2.12 bits per heavy atom. The van der Waals surface area contributed by atoms with Crippen molar-refractivity contribution in [3.8, 4) is 5.75 Å². The summed E-state index contributed by atoms with van der Waals surface area (Å²) in [7, 11) is -4.75. The summed E-state index contributed by atoms with van der Waals surface area (Å²) in [6.45, 7) is 2.81. The van der Waals surface area contributed by atoms with Gasteiger partial charge in [-0.25, -0.2) is 14.3 Å². The van der Waals surface area contributed by atoms with Crippen LogP contribution >= 0.6 is 11.3 Å². The molecule has 1 aliphatic heterocycles. The van der Waals surface area contributed by atoms with E-state index in [0.29, 0.717) is 0 Å². The van der Waals surface area contributed by atoms with Crippen molar-refractivity contribution in [3.63, 3.8) is 0 Å². The van der Waals surface area contributed by atoms with Gasteiger partial charge < -0.3 is 26.4 Å². The molecule has 2 amide bonds. The fourth-order valence-electron chi connectivity index (χ4n) is 2.86. The molecule has 1 fully saturated rings. The predicted octanol–water partition coefficient (Wildman–Crippen LogP) is -0.932. The monoisotopic (exact) mass is 512 g/mol. The molecule has 182 valence electrons. The first-order valence-corrected chi connectivity index (χ1v) is 11.7. The molecule has 34 heavy (non-hydrogen) atoms. The molecule has 3 atom stereocenters. The van der Waals surface area contributed by atoms with Crippen LogP contribution in [0.3, 0.4) is 0 Å². The zero-order chi connectivity index (χ0) is 25.2. The van der Waals surface area contributed by atoms with Gasteiger partial charge in [0.25, 0.3) is 18.1 Å². The van der Waals surface area contributed by atoms with Crippen molar-refractivity contribution in [1.29, 1.82) is 5.41 Å². The first-order valence-electron chi connectivity index (χ1n) is 9.42. The molecule has 2 aromatic heterocycles. The van der Waals surface area contributed by atoms with Crippen LogP contribution in [-0.4, -0.2) is 69.0 Å². The summed E-state index contributed by atoms with van der Waals surface area (Å²) in [6.07, 6.45) is 0.308. The number of nitrogens with zero attached hydrogens (tertiary/aromatic N) is 4. The number of hydrogen-bond acceptors (Lipinski definition) is 12. The van der Waals surface area contributed by atoms with E-state index in [-0.39, 0.29) is 38.1 Å². The molecule has 0 radical (unpaired) electrons. The molecule has 1 aliphatic rings. The van der Waals surface area contributed by atoms with Gasteiger partial charge >= 0.3 is 10.3 Å².